The minimum atomic E-state index is -0.293. The van der Waals surface area contributed by atoms with Crippen molar-refractivity contribution < 1.29 is 14.3 Å². The van der Waals surface area contributed by atoms with E-state index < -0.39 is 0 Å². The third-order valence-corrected chi connectivity index (χ3v) is 7.68. The smallest absolute Gasteiger partial charge is 0.256 e. The summed E-state index contributed by atoms with van der Waals surface area (Å²) in [7, 11) is 0. The molecule has 3 aliphatic rings. The average molecular weight is 512 g/mol. The first kappa shape index (κ1) is 24.4. The summed E-state index contributed by atoms with van der Waals surface area (Å²) in [5.74, 6) is 0.959. The van der Waals surface area contributed by atoms with Crippen LogP contribution in [0.2, 0.25) is 0 Å². The summed E-state index contributed by atoms with van der Waals surface area (Å²) in [4.78, 5) is 34.4. The second-order valence-electron chi connectivity index (χ2n) is 10.6. The predicted octanol–water partition coefficient (Wildman–Crippen LogP) is 4.24. The molecule has 0 saturated heterocycles. The van der Waals surface area contributed by atoms with Crippen LogP contribution in [-0.2, 0) is 17.6 Å². The van der Waals surface area contributed by atoms with E-state index in [1.54, 1.807) is 23.2 Å². The second-order valence-corrected chi connectivity index (χ2v) is 10.6. The molecule has 1 aromatic carbocycles. The van der Waals surface area contributed by atoms with Crippen LogP contribution in [0.5, 0.6) is 5.88 Å². The molecule has 1 saturated carbocycles. The van der Waals surface area contributed by atoms with E-state index in [2.05, 4.69) is 40.5 Å². The topological polar surface area (TPSA) is 80.6 Å². The number of benzene rings is 1. The summed E-state index contributed by atoms with van der Waals surface area (Å²) in [6, 6.07) is 11.9. The number of ether oxygens (including phenoxy) is 1. The molecule has 3 aromatic rings. The van der Waals surface area contributed by atoms with Crippen LogP contribution in [-0.4, -0.2) is 62.1 Å². The van der Waals surface area contributed by atoms with Gasteiger partial charge in [-0.2, -0.15) is 5.10 Å². The molecule has 1 fully saturated rings. The van der Waals surface area contributed by atoms with E-state index in [9.17, 15) is 9.59 Å². The third kappa shape index (κ3) is 4.48. The van der Waals surface area contributed by atoms with Gasteiger partial charge in [0, 0.05) is 50.3 Å². The summed E-state index contributed by atoms with van der Waals surface area (Å²) >= 11 is 0. The summed E-state index contributed by atoms with van der Waals surface area (Å²) in [5, 5.41) is 5.04. The molecule has 38 heavy (non-hydrogen) atoms. The van der Waals surface area contributed by atoms with Crippen LogP contribution in [0.25, 0.3) is 5.69 Å². The van der Waals surface area contributed by atoms with Crippen LogP contribution in [0.3, 0.4) is 0 Å². The van der Waals surface area contributed by atoms with Crippen molar-refractivity contribution in [2.24, 2.45) is 0 Å². The number of rotatable bonds is 6. The number of amides is 2. The van der Waals surface area contributed by atoms with Gasteiger partial charge in [0.15, 0.2) is 0 Å². The van der Waals surface area contributed by atoms with E-state index in [4.69, 9.17) is 9.84 Å². The van der Waals surface area contributed by atoms with E-state index in [1.807, 2.05) is 18.7 Å². The Morgan fingerprint density at radius 3 is 2.53 bits per heavy atom. The Morgan fingerprint density at radius 2 is 1.87 bits per heavy atom. The molecule has 8 nitrogen and oxygen atoms in total. The molecule has 2 amide bonds. The van der Waals surface area contributed by atoms with Gasteiger partial charge in [0.1, 0.15) is 0 Å². The summed E-state index contributed by atoms with van der Waals surface area (Å²) in [6.45, 7) is 9.03. The Hall–Kier alpha value is -3.94. The number of aromatic nitrogens is 3. The Bertz CT molecular complexity index is 1370. The minimum absolute atomic E-state index is 0.00352. The van der Waals surface area contributed by atoms with Crippen molar-refractivity contribution in [2.75, 3.05) is 19.6 Å². The fourth-order valence-electron chi connectivity index (χ4n) is 5.67. The molecule has 0 N–H and O–H groups in total. The lowest BCUT2D eigenvalue weighted by molar-refractivity contribution is -0.126. The normalized spacial score (nSPS) is 18.7. The lowest BCUT2D eigenvalue weighted by atomic mass is 9.95. The number of hydrogen-bond donors (Lipinski definition) is 0. The fraction of sp³-hybridized carbons (Fsp3) is 0.400. The van der Waals surface area contributed by atoms with Crippen molar-refractivity contribution in [3.05, 3.63) is 83.3 Å². The molecular formula is C30H33N5O3. The Morgan fingerprint density at radius 1 is 1.08 bits per heavy atom. The molecule has 8 heteroatoms. The van der Waals surface area contributed by atoms with E-state index in [0.717, 1.165) is 22.6 Å². The predicted molar refractivity (Wildman–Crippen MR) is 144 cm³/mol. The van der Waals surface area contributed by atoms with Crippen LogP contribution >= 0.6 is 0 Å². The maximum atomic E-state index is 13.8. The van der Waals surface area contributed by atoms with E-state index in [-0.39, 0.29) is 24.0 Å². The first-order chi connectivity index (χ1) is 18.4. The van der Waals surface area contributed by atoms with Gasteiger partial charge in [-0.25, -0.2) is 9.67 Å². The fourth-order valence-corrected chi connectivity index (χ4v) is 5.67. The SMILES string of the molecule is C=CC(=O)N1CCc2nn(-c3ccc(C4CC4)cc3)c3c2C(C1)N(C(=O)c1ccc(OC(C)C)nc1)CC3. The van der Waals surface area contributed by atoms with Crippen molar-refractivity contribution in [1.29, 1.82) is 0 Å². The number of nitrogens with zero attached hydrogens (tertiary/aromatic N) is 5. The molecular weight excluding hydrogens is 478 g/mol. The van der Waals surface area contributed by atoms with Gasteiger partial charge in [0.25, 0.3) is 5.91 Å². The average Bonchev–Trinajstić information content (AvgIpc) is 3.73. The van der Waals surface area contributed by atoms with Crippen LogP contribution in [0.15, 0.2) is 55.3 Å². The molecule has 1 aliphatic carbocycles. The van der Waals surface area contributed by atoms with Gasteiger partial charge in [0.2, 0.25) is 11.8 Å². The molecule has 0 radical (unpaired) electrons. The zero-order chi connectivity index (χ0) is 26.4. The Labute approximate surface area is 222 Å². The van der Waals surface area contributed by atoms with Crippen LogP contribution in [0.1, 0.15) is 71.5 Å². The van der Waals surface area contributed by atoms with Gasteiger partial charge in [-0.1, -0.05) is 18.7 Å². The highest BCUT2D eigenvalue weighted by molar-refractivity contribution is 5.94. The van der Waals surface area contributed by atoms with Crippen molar-refractivity contribution in [1.82, 2.24) is 24.6 Å². The van der Waals surface area contributed by atoms with Gasteiger partial charge < -0.3 is 14.5 Å². The lowest BCUT2D eigenvalue weighted by Gasteiger charge is -2.37. The number of carbonyl (C=O) groups is 2. The monoisotopic (exact) mass is 511 g/mol. The third-order valence-electron chi connectivity index (χ3n) is 7.68. The van der Waals surface area contributed by atoms with Crippen molar-refractivity contribution in [3.63, 3.8) is 0 Å². The Kier molecular flexibility index (Phi) is 6.26. The maximum Gasteiger partial charge on any atom is 0.256 e. The van der Waals surface area contributed by atoms with Gasteiger partial charge in [-0.05, 0) is 62.4 Å². The molecule has 1 atom stereocenters. The molecule has 196 valence electrons. The van der Waals surface area contributed by atoms with Gasteiger partial charge in [-0.15, -0.1) is 0 Å². The highest BCUT2D eigenvalue weighted by Gasteiger charge is 2.40. The zero-order valence-electron chi connectivity index (χ0n) is 22.0. The van der Waals surface area contributed by atoms with Crippen molar-refractivity contribution in [2.45, 2.75) is 57.6 Å². The van der Waals surface area contributed by atoms with E-state index in [1.165, 1.54) is 24.5 Å². The molecule has 1 unspecified atom stereocenters. The first-order valence-corrected chi connectivity index (χ1v) is 13.5. The maximum absolute atomic E-state index is 13.8. The minimum Gasteiger partial charge on any atom is -0.475 e. The highest BCUT2D eigenvalue weighted by atomic mass is 16.5. The first-order valence-electron chi connectivity index (χ1n) is 13.5. The van der Waals surface area contributed by atoms with E-state index in [0.29, 0.717) is 49.8 Å². The van der Waals surface area contributed by atoms with Crippen LogP contribution < -0.4 is 4.74 Å². The molecule has 4 heterocycles. The summed E-state index contributed by atoms with van der Waals surface area (Å²) in [5.41, 5.74) is 6.08. The molecule has 2 aliphatic heterocycles. The lowest BCUT2D eigenvalue weighted by Crippen LogP contribution is -2.45. The molecule has 2 aromatic heterocycles. The van der Waals surface area contributed by atoms with Crippen molar-refractivity contribution in [3.8, 4) is 11.6 Å². The second kappa shape index (κ2) is 9.74. The standard InChI is InChI=1S/C30H33N5O3/c1-4-28(36)33-15-13-24-29-25(35(32-24)23-10-7-21(8-11-23)20-5-6-20)14-16-34(26(29)18-33)30(37)22-9-12-27(31-17-22)38-19(2)3/h4,7-12,17,19-20,26H,1,5-6,13-16,18H2,2-3H3. The molecule has 6 rings (SSSR count). The van der Waals surface area contributed by atoms with Gasteiger partial charge >= 0.3 is 0 Å². The largest absolute Gasteiger partial charge is 0.475 e. The van der Waals surface area contributed by atoms with Crippen LogP contribution in [0.4, 0.5) is 0 Å². The van der Waals surface area contributed by atoms with Crippen LogP contribution in [0, 0.1) is 0 Å². The summed E-state index contributed by atoms with van der Waals surface area (Å²) in [6.07, 6.45) is 6.79. The zero-order valence-corrected chi connectivity index (χ0v) is 22.0. The van der Waals surface area contributed by atoms with Crippen molar-refractivity contribution >= 4 is 11.8 Å². The Balaban J connectivity index is 1.35. The van der Waals surface area contributed by atoms with Gasteiger partial charge in [0.05, 0.1) is 34.8 Å². The summed E-state index contributed by atoms with van der Waals surface area (Å²) < 4.78 is 7.70. The molecule has 0 bridgehead atoms. The number of pyridine rings is 1. The quantitative estimate of drug-likeness (QED) is 0.463. The number of carbonyl (C=O) groups excluding carboxylic acids is 2. The number of hydrogen-bond acceptors (Lipinski definition) is 5. The highest BCUT2D eigenvalue weighted by Crippen LogP contribution is 2.41. The van der Waals surface area contributed by atoms with E-state index >= 15 is 0 Å². The molecule has 0 spiro atoms. The van der Waals surface area contributed by atoms with Gasteiger partial charge in [-0.3, -0.25) is 9.59 Å².